The second kappa shape index (κ2) is 6.04. The van der Waals surface area contributed by atoms with Crippen molar-refractivity contribution in [2.24, 2.45) is 0 Å². The van der Waals surface area contributed by atoms with Crippen LogP contribution in [0.3, 0.4) is 0 Å². The zero-order chi connectivity index (χ0) is 13.8. The first kappa shape index (κ1) is 13.1. The fraction of sp³-hybridized carbons (Fsp3) is 0.316. The number of benzene rings is 1. The number of unbranched alkanes of at least 4 members (excludes halogenated alkanes) is 2. The van der Waals surface area contributed by atoms with Gasteiger partial charge in [-0.2, -0.15) is 0 Å². The first-order valence-electron chi connectivity index (χ1n) is 7.62. The highest BCUT2D eigenvalue weighted by Crippen LogP contribution is 2.32. The molecule has 0 spiro atoms. The number of para-hydroxylation sites is 1. The molecule has 0 N–H and O–H groups in total. The molecule has 1 aromatic carbocycles. The second-order valence-electron chi connectivity index (χ2n) is 5.49. The Morgan fingerprint density at radius 1 is 1.10 bits per heavy atom. The lowest BCUT2D eigenvalue weighted by Crippen LogP contribution is -1.87. The van der Waals surface area contributed by atoms with Gasteiger partial charge in [-0.25, -0.2) is 0 Å². The van der Waals surface area contributed by atoms with E-state index in [1.54, 1.807) is 0 Å². The van der Waals surface area contributed by atoms with Crippen molar-refractivity contribution in [1.29, 1.82) is 0 Å². The number of hydrogen-bond acceptors (Lipinski definition) is 1. The van der Waals surface area contributed by atoms with Crippen molar-refractivity contribution in [2.45, 2.75) is 39.0 Å². The third-order valence-electron chi connectivity index (χ3n) is 3.99. The van der Waals surface area contributed by atoms with E-state index < -0.39 is 0 Å². The van der Waals surface area contributed by atoms with E-state index in [9.17, 15) is 0 Å². The number of fused-ring (bicyclic) bond motifs is 1. The first-order valence-corrected chi connectivity index (χ1v) is 7.62. The maximum atomic E-state index is 4.56. The number of pyridine rings is 1. The molecule has 1 aromatic heterocycles. The van der Waals surface area contributed by atoms with Crippen LogP contribution in [0.1, 0.15) is 44.6 Å². The molecular weight excluding hydrogens is 242 g/mol. The molecule has 1 aliphatic rings. The molecule has 0 saturated carbocycles. The number of nitrogens with zero attached hydrogens (tertiary/aromatic N) is 1. The van der Waals surface area contributed by atoms with Crippen molar-refractivity contribution in [3.05, 3.63) is 59.8 Å². The highest BCUT2D eigenvalue weighted by molar-refractivity contribution is 5.92. The van der Waals surface area contributed by atoms with Crippen molar-refractivity contribution in [3.63, 3.8) is 0 Å². The van der Waals surface area contributed by atoms with Crippen LogP contribution in [0, 0.1) is 0 Å². The van der Waals surface area contributed by atoms with Crippen LogP contribution in [0.4, 0.5) is 0 Å². The Bertz CT molecular complexity index is 659. The summed E-state index contributed by atoms with van der Waals surface area (Å²) in [5.74, 6) is 0. The van der Waals surface area contributed by atoms with Gasteiger partial charge in [-0.3, -0.25) is 4.98 Å². The predicted octanol–water partition coefficient (Wildman–Crippen LogP) is 5.53. The van der Waals surface area contributed by atoms with Crippen LogP contribution in [0.5, 0.6) is 0 Å². The van der Waals surface area contributed by atoms with Gasteiger partial charge in [0.25, 0.3) is 0 Å². The van der Waals surface area contributed by atoms with E-state index in [1.165, 1.54) is 47.8 Å². The van der Waals surface area contributed by atoms with E-state index in [0.29, 0.717) is 0 Å². The molecule has 0 fully saturated rings. The van der Waals surface area contributed by atoms with Gasteiger partial charge >= 0.3 is 0 Å². The summed E-state index contributed by atoms with van der Waals surface area (Å²) >= 11 is 0. The highest BCUT2D eigenvalue weighted by atomic mass is 14.6. The van der Waals surface area contributed by atoms with Crippen LogP contribution in [-0.2, 0) is 0 Å². The summed E-state index contributed by atoms with van der Waals surface area (Å²) in [6, 6.07) is 10.6. The Kier molecular flexibility index (Phi) is 3.96. The SMILES string of the molecule is CCCCCC1=CCC(c2cccc3cccnc23)=C1. The largest absolute Gasteiger partial charge is 0.256 e. The summed E-state index contributed by atoms with van der Waals surface area (Å²) in [5.41, 5.74) is 5.34. The Morgan fingerprint density at radius 2 is 2.00 bits per heavy atom. The molecule has 0 atom stereocenters. The van der Waals surface area contributed by atoms with E-state index >= 15 is 0 Å². The smallest absolute Gasteiger partial charge is 0.0777 e. The van der Waals surface area contributed by atoms with Crippen LogP contribution in [0.25, 0.3) is 16.5 Å². The van der Waals surface area contributed by atoms with Gasteiger partial charge in [0.1, 0.15) is 0 Å². The summed E-state index contributed by atoms with van der Waals surface area (Å²) in [4.78, 5) is 4.56. The van der Waals surface area contributed by atoms with E-state index in [4.69, 9.17) is 0 Å². The normalized spacial score (nSPS) is 14.4. The molecule has 20 heavy (non-hydrogen) atoms. The van der Waals surface area contributed by atoms with E-state index in [-0.39, 0.29) is 0 Å². The average molecular weight is 263 g/mol. The minimum Gasteiger partial charge on any atom is -0.256 e. The molecule has 3 rings (SSSR count). The third kappa shape index (κ3) is 2.67. The van der Waals surface area contributed by atoms with Crippen molar-refractivity contribution >= 4 is 16.5 Å². The van der Waals surface area contributed by atoms with E-state index in [0.717, 1.165) is 11.9 Å². The second-order valence-corrected chi connectivity index (χ2v) is 5.49. The average Bonchev–Trinajstić information content (AvgIpc) is 2.96. The Balaban J connectivity index is 1.84. The van der Waals surface area contributed by atoms with Crippen LogP contribution in [0.15, 0.2) is 54.3 Å². The van der Waals surface area contributed by atoms with Crippen LogP contribution >= 0.6 is 0 Å². The molecule has 2 aromatic rings. The molecule has 1 heteroatoms. The quantitative estimate of drug-likeness (QED) is 0.646. The topological polar surface area (TPSA) is 12.9 Å². The van der Waals surface area contributed by atoms with Gasteiger partial charge in [0.2, 0.25) is 0 Å². The van der Waals surface area contributed by atoms with E-state index in [2.05, 4.69) is 48.3 Å². The fourth-order valence-corrected chi connectivity index (χ4v) is 2.89. The molecule has 0 saturated heterocycles. The maximum Gasteiger partial charge on any atom is 0.0777 e. The summed E-state index contributed by atoms with van der Waals surface area (Å²) in [5, 5.41) is 1.23. The zero-order valence-corrected chi connectivity index (χ0v) is 12.1. The van der Waals surface area contributed by atoms with Crippen molar-refractivity contribution in [3.8, 4) is 0 Å². The lowest BCUT2D eigenvalue weighted by molar-refractivity contribution is 0.719. The van der Waals surface area contributed by atoms with Gasteiger partial charge in [-0.15, -0.1) is 0 Å². The third-order valence-corrected chi connectivity index (χ3v) is 3.99. The zero-order valence-electron chi connectivity index (χ0n) is 12.1. The fourth-order valence-electron chi connectivity index (χ4n) is 2.89. The minimum absolute atomic E-state index is 1.05. The number of allylic oxidation sites excluding steroid dienone is 4. The Labute approximate surface area is 121 Å². The van der Waals surface area contributed by atoms with Gasteiger partial charge in [0.15, 0.2) is 0 Å². The summed E-state index contributed by atoms with van der Waals surface area (Å²) in [6.45, 7) is 2.26. The number of aromatic nitrogens is 1. The molecule has 0 unspecified atom stereocenters. The van der Waals surface area contributed by atoms with Crippen LogP contribution in [0.2, 0.25) is 0 Å². The molecule has 0 aliphatic heterocycles. The monoisotopic (exact) mass is 263 g/mol. The molecular formula is C19H21N. The highest BCUT2D eigenvalue weighted by Gasteiger charge is 2.11. The van der Waals surface area contributed by atoms with Crippen molar-refractivity contribution < 1.29 is 0 Å². The molecule has 0 bridgehead atoms. The Hall–Kier alpha value is -1.89. The van der Waals surface area contributed by atoms with Crippen molar-refractivity contribution in [2.75, 3.05) is 0 Å². The summed E-state index contributed by atoms with van der Waals surface area (Å²) in [6.07, 6.45) is 12.8. The maximum absolute atomic E-state index is 4.56. The van der Waals surface area contributed by atoms with Gasteiger partial charge in [-0.1, -0.05) is 61.8 Å². The van der Waals surface area contributed by atoms with Crippen molar-refractivity contribution in [1.82, 2.24) is 4.98 Å². The predicted molar refractivity (Wildman–Crippen MR) is 86.6 cm³/mol. The number of rotatable bonds is 5. The standard InChI is InChI=1S/C19H21N/c1-2-3-4-7-15-11-12-17(14-15)18-10-5-8-16-9-6-13-20-19(16)18/h5-6,8-11,13-14H,2-4,7,12H2,1H3. The van der Waals surface area contributed by atoms with Gasteiger partial charge in [-0.05, 0) is 30.9 Å². The van der Waals surface area contributed by atoms with Crippen LogP contribution in [-0.4, -0.2) is 4.98 Å². The first-order chi connectivity index (χ1) is 9.88. The molecule has 102 valence electrons. The number of hydrogen-bond donors (Lipinski definition) is 0. The van der Waals surface area contributed by atoms with Gasteiger partial charge < -0.3 is 0 Å². The molecule has 0 radical (unpaired) electrons. The minimum atomic E-state index is 1.05. The Morgan fingerprint density at radius 3 is 2.90 bits per heavy atom. The van der Waals surface area contributed by atoms with Crippen LogP contribution < -0.4 is 0 Å². The summed E-state index contributed by atoms with van der Waals surface area (Å²) < 4.78 is 0. The summed E-state index contributed by atoms with van der Waals surface area (Å²) in [7, 11) is 0. The molecule has 1 aliphatic carbocycles. The van der Waals surface area contributed by atoms with E-state index in [1.807, 2.05) is 12.3 Å². The molecule has 0 amide bonds. The lowest BCUT2D eigenvalue weighted by atomic mass is 10.0. The molecule has 1 nitrogen and oxygen atoms in total. The van der Waals surface area contributed by atoms with Gasteiger partial charge in [0.05, 0.1) is 5.52 Å². The van der Waals surface area contributed by atoms with Gasteiger partial charge in [0, 0.05) is 17.1 Å². The lowest BCUT2D eigenvalue weighted by Gasteiger charge is -2.06. The molecule has 1 heterocycles.